The molecule has 0 atom stereocenters. The van der Waals surface area contributed by atoms with Crippen LogP contribution in [0.1, 0.15) is 30.5 Å². The van der Waals surface area contributed by atoms with Crippen LogP contribution in [0.5, 0.6) is 5.75 Å². The van der Waals surface area contributed by atoms with Gasteiger partial charge < -0.3 is 10.1 Å². The SMILES string of the molecule is Cc1ccc(C)c(NC(=O)/C(C#N)=C/c2ccc(OC(C)C)c(Cl)c2)c1. The van der Waals surface area contributed by atoms with Crippen LogP contribution in [-0.4, -0.2) is 12.0 Å². The van der Waals surface area contributed by atoms with Crippen molar-refractivity contribution in [1.29, 1.82) is 5.26 Å². The Morgan fingerprint density at radius 3 is 2.58 bits per heavy atom. The van der Waals surface area contributed by atoms with Crippen LogP contribution >= 0.6 is 11.6 Å². The van der Waals surface area contributed by atoms with Crippen LogP contribution in [0.3, 0.4) is 0 Å². The molecule has 0 radical (unpaired) electrons. The number of benzene rings is 2. The van der Waals surface area contributed by atoms with E-state index in [-0.39, 0.29) is 11.7 Å². The first-order valence-electron chi connectivity index (χ1n) is 8.26. The van der Waals surface area contributed by atoms with E-state index in [2.05, 4.69) is 5.32 Å². The Labute approximate surface area is 159 Å². The van der Waals surface area contributed by atoms with Crippen molar-refractivity contribution >= 4 is 29.3 Å². The summed E-state index contributed by atoms with van der Waals surface area (Å²) in [4.78, 5) is 12.4. The average Bonchev–Trinajstić information content (AvgIpc) is 2.57. The molecule has 0 saturated carbocycles. The molecule has 134 valence electrons. The molecule has 0 fully saturated rings. The molecule has 2 aromatic rings. The zero-order valence-corrected chi connectivity index (χ0v) is 16.0. The third kappa shape index (κ3) is 5.11. The van der Waals surface area contributed by atoms with Crippen LogP contribution < -0.4 is 10.1 Å². The molecule has 26 heavy (non-hydrogen) atoms. The Morgan fingerprint density at radius 2 is 1.96 bits per heavy atom. The fourth-order valence-electron chi connectivity index (χ4n) is 2.33. The van der Waals surface area contributed by atoms with Gasteiger partial charge in [-0.3, -0.25) is 4.79 Å². The first-order valence-corrected chi connectivity index (χ1v) is 8.64. The van der Waals surface area contributed by atoms with Gasteiger partial charge in [-0.1, -0.05) is 29.8 Å². The molecule has 0 heterocycles. The average molecular weight is 369 g/mol. The van der Waals surface area contributed by atoms with Crippen molar-refractivity contribution in [2.45, 2.75) is 33.8 Å². The zero-order valence-electron chi connectivity index (χ0n) is 15.3. The number of anilines is 1. The minimum atomic E-state index is -0.458. The molecule has 1 N–H and O–H groups in total. The lowest BCUT2D eigenvalue weighted by Crippen LogP contribution is -2.14. The number of rotatable bonds is 5. The Bertz CT molecular complexity index is 895. The molecule has 0 unspecified atom stereocenters. The molecule has 0 bridgehead atoms. The smallest absolute Gasteiger partial charge is 0.266 e. The Balaban J connectivity index is 2.24. The summed E-state index contributed by atoms with van der Waals surface area (Å²) in [5.41, 5.74) is 3.30. The van der Waals surface area contributed by atoms with Crippen molar-refractivity contribution in [3.63, 3.8) is 0 Å². The summed E-state index contributed by atoms with van der Waals surface area (Å²) in [5.74, 6) is 0.108. The Morgan fingerprint density at radius 1 is 1.23 bits per heavy atom. The van der Waals surface area contributed by atoms with Gasteiger partial charge in [0.2, 0.25) is 0 Å². The van der Waals surface area contributed by atoms with Gasteiger partial charge in [0.05, 0.1) is 11.1 Å². The summed E-state index contributed by atoms with van der Waals surface area (Å²) < 4.78 is 5.59. The van der Waals surface area contributed by atoms with E-state index in [1.807, 2.05) is 52.0 Å². The largest absolute Gasteiger partial charge is 0.489 e. The van der Waals surface area contributed by atoms with Gasteiger partial charge in [0.25, 0.3) is 5.91 Å². The summed E-state index contributed by atoms with van der Waals surface area (Å²) >= 11 is 6.21. The lowest BCUT2D eigenvalue weighted by Gasteiger charge is -2.11. The van der Waals surface area contributed by atoms with Crippen LogP contribution in [0.4, 0.5) is 5.69 Å². The molecule has 2 aromatic carbocycles. The van der Waals surface area contributed by atoms with E-state index < -0.39 is 5.91 Å². The molecular weight excluding hydrogens is 348 g/mol. The molecule has 4 nitrogen and oxygen atoms in total. The van der Waals surface area contributed by atoms with Gasteiger partial charge in [-0.15, -0.1) is 0 Å². The highest BCUT2D eigenvalue weighted by molar-refractivity contribution is 6.32. The number of ether oxygens (including phenoxy) is 1. The van der Waals surface area contributed by atoms with E-state index in [1.54, 1.807) is 18.2 Å². The maximum absolute atomic E-state index is 12.4. The third-order valence-electron chi connectivity index (χ3n) is 3.64. The first kappa shape index (κ1) is 19.6. The molecule has 0 aliphatic carbocycles. The molecule has 0 saturated heterocycles. The Kier molecular flexibility index (Phi) is 6.43. The van der Waals surface area contributed by atoms with Gasteiger partial charge >= 0.3 is 0 Å². The number of amides is 1. The summed E-state index contributed by atoms with van der Waals surface area (Å²) in [7, 11) is 0. The van der Waals surface area contributed by atoms with Gasteiger partial charge in [-0.05, 0) is 68.7 Å². The fourth-order valence-corrected chi connectivity index (χ4v) is 2.57. The van der Waals surface area contributed by atoms with Crippen LogP contribution in [0, 0.1) is 25.2 Å². The summed E-state index contributed by atoms with van der Waals surface area (Å²) in [6.07, 6.45) is 1.51. The summed E-state index contributed by atoms with van der Waals surface area (Å²) in [6.45, 7) is 7.67. The van der Waals surface area contributed by atoms with E-state index in [0.717, 1.165) is 11.1 Å². The maximum atomic E-state index is 12.4. The minimum Gasteiger partial charge on any atom is -0.489 e. The standard InChI is InChI=1S/C21H21ClN2O2/c1-13(2)26-20-8-7-16(11-18(20)22)10-17(12-23)21(25)24-19-9-14(3)5-6-15(19)4/h5-11,13H,1-4H3,(H,24,25)/b17-10+. The number of nitriles is 1. The second kappa shape index (κ2) is 8.55. The number of carbonyl (C=O) groups excluding carboxylic acids is 1. The number of nitrogens with one attached hydrogen (secondary N) is 1. The van der Waals surface area contributed by atoms with E-state index in [9.17, 15) is 10.1 Å². The second-order valence-corrected chi connectivity index (χ2v) is 6.71. The van der Waals surface area contributed by atoms with E-state index >= 15 is 0 Å². The quantitative estimate of drug-likeness (QED) is 0.576. The molecule has 0 aliphatic heterocycles. The number of carbonyl (C=O) groups is 1. The van der Waals surface area contributed by atoms with E-state index in [4.69, 9.17) is 16.3 Å². The lowest BCUT2D eigenvalue weighted by molar-refractivity contribution is -0.112. The topological polar surface area (TPSA) is 62.1 Å². The molecule has 1 amide bonds. The number of halogens is 1. The number of nitrogens with zero attached hydrogens (tertiary/aromatic N) is 1. The van der Waals surface area contributed by atoms with E-state index in [0.29, 0.717) is 22.0 Å². The molecule has 0 aromatic heterocycles. The number of hydrogen-bond acceptors (Lipinski definition) is 3. The van der Waals surface area contributed by atoms with Crippen LogP contribution in [-0.2, 0) is 4.79 Å². The molecule has 5 heteroatoms. The van der Waals surface area contributed by atoms with Gasteiger partial charge in [-0.2, -0.15) is 5.26 Å². The number of hydrogen-bond donors (Lipinski definition) is 1. The minimum absolute atomic E-state index is 0.000462. The fraction of sp³-hybridized carbons (Fsp3) is 0.238. The van der Waals surface area contributed by atoms with Crippen molar-refractivity contribution in [3.05, 3.63) is 63.7 Å². The highest BCUT2D eigenvalue weighted by Crippen LogP contribution is 2.27. The molecule has 2 rings (SSSR count). The normalized spacial score (nSPS) is 11.2. The van der Waals surface area contributed by atoms with Crippen LogP contribution in [0.15, 0.2) is 42.0 Å². The molecule has 0 spiro atoms. The van der Waals surface area contributed by atoms with Crippen molar-refractivity contribution in [3.8, 4) is 11.8 Å². The highest BCUT2D eigenvalue weighted by Gasteiger charge is 2.12. The zero-order chi connectivity index (χ0) is 19.3. The first-order chi connectivity index (χ1) is 12.3. The van der Waals surface area contributed by atoms with Crippen molar-refractivity contribution in [2.24, 2.45) is 0 Å². The monoisotopic (exact) mass is 368 g/mol. The maximum Gasteiger partial charge on any atom is 0.266 e. The predicted molar refractivity (Wildman–Crippen MR) is 105 cm³/mol. The van der Waals surface area contributed by atoms with Crippen molar-refractivity contribution in [2.75, 3.05) is 5.32 Å². The molecular formula is C21H21ClN2O2. The van der Waals surface area contributed by atoms with Crippen LogP contribution in [0.25, 0.3) is 6.08 Å². The summed E-state index contributed by atoms with van der Waals surface area (Å²) in [5, 5.41) is 12.6. The van der Waals surface area contributed by atoms with Crippen molar-refractivity contribution < 1.29 is 9.53 Å². The second-order valence-electron chi connectivity index (χ2n) is 6.30. The van der Waals surface area contributed by atoms with Gasteiger partial charge in [0.1, 0.15) is 17.4 Å². The predicted octanol–water partition coefficient (Wildman–Crippen LogP) is 5.29. The third-order valence-corrected chi connectivity index (χ3v) is 3.93. The highest BCUT2D eigenvalue weighted by atomic mass is 35.5. The van der Waals surface area contributed by atoms with Crippen LogP contribution in [0.2, 0.25) is 5.02 Å². The lowest BCUT2D eigenvalue weighted by atomic mass is 10.1. The summed E-state index contributed by atoms with van der Waals surface area (Å²) in [6, 6.07) is 12.9. The van der Waals surface area contributed by atoms with Crippen molar-refractivity contribution in [1.82, 2.24) is 0 Å². The van der Waals surface area contributed by atoms with Gasteiger partial charge in [0.15, 0.2) is 0 Å². The Hall–Kier alpha value is -2.77. The van der Waals surface area contributed by atoms with E-state index in [1.165, 1.54) is 6.08 Å². The van der Waals surface area contributed by atoms with Gasteiger partial charge in [0, 0.05) is 5.69 Å². The van der Waals surface area contributed by atoms with Gasteiger partial charge in [-0.25, -0.2) is 0 Å². The molecule has 0 aliphatic rings. The number of aryl methyl sites for hydroxylation is 2.